The van der Waals surface area contributed by atoms with Gasteiger partial charge in [-0.3, -0.25) is 19.3 Å². The smallest absolute Gasteiger partial charge is 0.407 e. The molecular formula is C114H196N7O12S6+. The minimum atomic E-state index is -0.320. The van der Waals surface area contributed by atoms with Crippen molar-refractivity contribution in [3.05, 3.63) is 34.9 Å². The fourth-order valence-corrected chi connectivity index (χ4v) is 36.3. The van der Waals surface area contributed by atoms with Crippen LogP contribution in [-0.2, 0) is 42.8 Å². The Morgan fingerprint density at radius 1 is 0.367 bits per heavy atom. The number of alkyl carbamates (subject to hydrolysis) is 3. The number of hydrogen-bond donors (Lipinski definition) is 4. The number of carbonyl (C=O) groups excluding carboxylic acids is 6. The first-order chi connectivity index (χ1) is 66.5. The highest BCUT2D eigenvalue weighted by Gasteiger charge is 2.63. The number of likely N-dealkylation sites (N-methyl/N-ethyl adjacent to an activating group) is 3. The third-order valence-electron chi connectivity index (χ3n) is 39.1. The average Bonchev–Trinajstić information content (AvgIpc) is 1.56. The first-order valence-corrected chi connectivity index (χ1v) is 64.0. The highest BCUT2D eigenvalue weighted by atomic mass is 33.1. The van der Waals surface area contributed by atoms with Gasteiger partial charge in [-0.25, -0.2) is 14.4 Å². The van der Waals surface area contributed by atoms with E-state index in [4.69, 9.17) is 28.4 Å². The molecule has 4 unspecified atom stereocenters. The number of ether oxygens (including phenoxy) is 6. The van der Waals surface area contributed by atoms with Crippen LogP contribution in [0.5, 0.6) is 0 Å². The van der Waals surface area contributed by atoms with Crippen LogP contribution >= 0.6 is 64.8 Å². The Morgan fingerprint density at radius 3 is 0.993 bits per heavy atom. The fraction of sp³-hybridized carbons (Fsp3) is 0.895. The molecule has 9 saturated carbocycles. The van der Waals surface area contributed by atoms with Gasteiger partial charge in [-0.1, -0.05) is 261 Å². The monoisotopic (exact) mass is 2050 g/mol. The zero-order valence-electron chi connectivity index (χ0n) is 90.4. The van der Waals surface area contributed by atoms with Gasteiger partial charge in [0.2, 0.25) is 0 Å². The molecule has 0 aromatic carbocycles. The van der Waals surface area contributed by atoms with Gasteiger partial charge in [-0.2, -0.15) is 0 Å². The molecule has 0 spiro atoms. The molecule has 25 atom stereocenters. The Labute approximate surface area is 868 Å². The van der Waals surface area contributed by atoms with Gasteiger partial charge < -0.3 is 59.1 Å². The van der Waals surface area contributed by atoms with Crippen molar-refractivity contribution in [3.63, 3.8) is 0 Å². The normalized spacial score (nSPS) is 33.1. The van der Waals surface area contributed by atoms with Crippen LogP contribution in [0.25, 0.3) is 0 Å². The van der Waals surface area contributed by atoms with Crippen LogP contribution in [0, 0.1) is 139 Å². The number of fused-ring (bicyclic) bond motifs is 15. The first kappa shape index (κ1) is 115. The minimum Gasteiger partial charge on any atom is -0.465 e. The SMILES string of the molecule is CC(C)CCC[C@@H](C)[C@H]1CC[C@H]2[C@@H]3CC=C4CC(OC(=O)NCCSSCCOC(=O)CCN(C)CCN(CCN(C)CCC(=O)OCCSSCCNC(=O)OC5CC[C@@]6(C)C(=CC[C@H]7[C@@H]8CC[C@H]([C@H](C)CCCC(C)C)[C@@]8(C)CC[C@@H]76)C5)CC[NH+](C)CCC(=O)OCCSSCCNC(=O)OC5CC[C@@]6(C)C(=CC[C@H]7[C@@H]8CC[C@H]([C@H](C)CCCC(C)C)[C@@]8(C)CC[C@@H]76)C5)CC[C@]4(C)[C@H]3CC[C@]12C. The third-order valence-corrected chi connectivity index (χ3v) is 46.2. The Balaban J connectivity index is 0.499. The summed E-state index contributed by atoms with van der Waals surface area (Å²) in [6, 6.07) is 0. The van der Waals surface area contributed by atoms with Crippen LogP contribution in [0.3, 0.4) is 0 Å². The van der Waals surface area contributed by atoms with Crippen molar-refractivity contribution >= 4 is 101 Å². The molecule has 12 aliphatic carbocycles. The molecule has 25 heteroatoms. The fourth-order valence-electron chi connectivity index (χ4n) is 31.1. The molecule has 0 aromatic rings. The molecule has 19 nitrogen and oxygen atoms in total. The summed E-state index contributed by atoms with van der Waals surface area (Å²) in [5, 5.41) is 9.05. The second-order valence-corrected chi connectivity index (χ2v) is 57.3. The lowest BCUT2D eigenvalue weighted by molar-refractivity contribution is -0.878. The lowest BCUT2D eigenvalue weighted by Crippen LogP contribution is -3.09. The Bertz CT molecular complexity index is 3550. The molecule has 0 aliphatic heterocycles. The van der Waals surface area contributed by atoms with Crippen molar-refractivity contribution in [2.45, 2.75) is 353 Å². The summed E-state index contributed by atoms with van der Waals surface area (Å²) >= 11 is 0. The van der Waals surface area contributed by atoms with Crippen molar-refractivity contribution in [2.24, 2.45) is 139 Å². The van der Waals surface area contributed by atoms with Crippen molar-refractivity contribution in [2.75, 3.05) is 154 Å². The maximum Gasteiger partial charge on any atom is 0.407 e. The maximum absolute atomic E-state index is 13.1. The number of nitrogens with zero attached hydrogens (tertiary/aromatic N) is 3. The van der Waals surface area contributed by atoms with E-state index >= 15 is 0 Å². The largest absolute Gasteiger partial charge is 0.465 e. The van der Waals surface area contributed by atoms with Crippen molar-refractivity contribution in [1.82, 2.24) is 30.7 Å². The van der Waals surface area contributed by atoms with E-state index in [0.717, 1.165) is 221 Å². The molecule has 0 heterocycles. The van der Waals surface area contributed by atoms with E-state index in [1.54, 1.807) is 81.5 Å². The second-order valence-electron chi connectivity index (χ2n) is 49.2. The molecule has 0 saturated heterocycles. The molecule has 3 amide bonds. The second kappa shape index (κ2) is 55.2. The molecule has 12 aliphatic rings. The number of quaternary nitrogens is 1. The quantitative estimate of drug-likeness (QED) is 0.0147. The predicted octanol–water partition coefficient (Wildman–Crippen LogP) is 25.0. The highest BCUT2D eigenvalue weighted by molar-refractivity contribution is 8.77. The first-order valence-electron chi connectivity index (χ1n) is 56.6. The number of hydrogen-bond acceptors (Lipinski definition) is 21. The molecule has 139 heavy (non-hydrogen) atoms. The van der Waals surface area contributed by atoms with Gasteiger partial charge in [-0.05, 0) is 288 Å². The van der Waals surface area contributed by atoms with Crippen LogP contribution in [-0.4, -0.2) is 223 Å². The van der Waals surface area contributed by atoms with Gasteiger partial charge in [0, 0.05) is 119 Å². The molecular weight excluding hydrogens is 1850 g/mol. The van der Waals surface area contributed by atoms with Gasteiger partial charge in [-0.15, -0.1) is 0 Å². The number of rotatable bonds is 57. The predicted molar refractivity (Wildman–Crippen MR) is 583 cm³/mol. The van der Waals surface area contributed by atoms with E-state index in [9.17, 15) is 28.8 Å². The van der Waals surface area contributed by atoms with Crippen molar-refractivity contribution < 1.29 is 62.1 Å². The summed E-state index contributed by atoms with van der Waals surface area (Å²) in [6.45, 7) is 46.5. The third kappa shape index (κ3) is 31.5. The Hall–Kier alpha value is -2.62. The number of allylic oxidation sites excluding steroid dienone is 3. The molecule has 4 N–H and O–H groups in total. The van der Waals surface area contributed by atoms with E-state index in [2.05, 4.69) is 160 Å². The van der Waals surface area contributed by atoms with Gasteiger partial charge >= 0.3 is 36.2 Å². The number of esters is 3. The molecule has 9 fully saturated rings. The summed E-state index contributed by atoms with van der Waals surface area (Å²) in [5.74, 6) is 18.0. The maximum atomic E-state index is 13.1. The van der Waals surface area contributed by atoms with Gasteiger partial charge in [0.15, 0.2) is 0 Å². The van der Waals surface area contributed by atoms with Crippen molar-refractivity contribution in [1.29, 1.82) is 0 Å². The number of carbonyl (C=O) groups is 6. The minimum absolute atomic E-state index is 0.0742. The van der Waals surface area contributed by atoms with Crippen LogP contribution in [0.1, 0.15) is 335 Å². The lowest BCUT2D eigenvalue weighted by atomic mass is 9.47. The lowest BCUT2D eigenvalue weighted by Gasteiger charge is -2.58. The summed E-state index contributed by atoms with van der Waals surface area (Å²) in [5.41, 5.74) is 6.72. The topological polar surface area (TPSA) is 208 Å². The van der Waals surface area contributed by atoms with E-state index in [0.29, 0.717) is 99.0 Å². The van der Waals surface area contributed by atoms with E-state index < -0.39 is 0 Å². The van der Waals surface area contributed by atoms with E-state index in [-0.39, 0.29) is 83.6 Å². The number of nitrogens with one attached hydrogen (secondary N) is 4. The van der Waals surface area contributed by atoms with E-state index in [1.165, 1.54) is 159 Å². The summed E-state index contributed by atoms with van der Waals surface area (Å²) < 4.78 is 35.4. The van der Waals surface area contributed by atoms with Crippen LogP contribution in [0.15, 0.2) is 34.9 Å². The molecule has 0 radical (unpaired) electrons. The van der Waals surface area contributed by atoms with E-state index in [1.807, 2.05) is 14.1 Å². The van der Waals surface area contributed by atoms with Gasteiger partial charge in [0.1, 0.15) is 38.1 Å². The summed E-state index contributed by atoms with van der Waals surface area (Å²) in [7, 11) is 16.2. The molecule has 0 aromatic heterocycles. The van der Waals surface area contributed by atoms with Crippen LogP contribution in [0.4, 0.5) is 14.4 Å². The summed E-state index contributed by atoms with van der Waals surface area (Å²) in [4.78, 5) is 86.7. The summed E-state index contributed by atoms with van der Waals surface area (Å²) in [6.07, 6.45) is 48.7. The van der Waals surface area contributed by atoms with Gasteiger partial charge in [0.05, 0.1) is 39.4 Å². The van der Waals surface area contributed by atoms with Crippen molar-refractivity contribution in [3.8, 4) is 0 Å². The Kier molecular flexibility index (Phi) is 45.7. The number of amides is 3. The standard InChI is InChI=1S/C114H195N7O12S6/c1-79(2)22-19-25-82(7)94-34-37-97-91-31-28-85-76-88(40-49-109(85,10)100(91)43-52-112(94,97)13)131-106(125)115-55-70-134-137-73-67-128-103(122)46-58-118(16)61-64-121(65-62-119(17)59-47-104(123)129-68-74-138-135-71-56-116-107(126)132-89-41-50-110(11)86(77-89)29-32-92-98-38-35-95(83(8)26-20-23-80(3)4)113(98,14)53-44-101(92)110)66-63-120(18)60-48-105(124)130-69-75-139-136-72-57-117-108(127)133-90-42-51-111(12)87(78-90)30-33-93-99-39-36-96(84(9)27-21-24-81(5)6)114(99,15)54-45-102(93)111/h28-30,79-84,88-102H,19-27,31-78H2,1-18H3,(H,115,125)(H,116,126)(H,117,127)/p+1/t82-,83-,84-,88?,89?,90?,91+,92+,93+,94-,95-,96-,97+,98+,99+,100+,101+,102+,109+,110+,111+,112-,113-,114-/m1/s1. The van der Waals surface area contributed by atoms with Gasteiger partial charge in [0.25, 0.3) is 0 Å². The highest BCUT2D eigenvalue weighted by Crippen LogP contribution is 2.72. The zero-order chi connectivity index (χ0) is 99.7. The molecule has 0 bridgehead atoms. The van der Waals surface area contributed by atoms with Crippen LogP contribution in [0.2, 0.25) is 0 Å². The molecule has 12 rings (SSSR count). The average molecular weight is 2050 g/mol. The zero-order valence-corrected chi connectivity index (χ0v) is 95.3. The molecule has 794 valence electrons. The van der Waals surface area contributed by atoms with Crippen LogP contribution < -0.4 is 20.9 Å². The Morgan fingerprint density at radius 2 is 0.676 bits per heavy atom.